The average Bonchev–Trinajstić information content (AvgIpc) is 2.86. The Labute approximate surface area is 145 Å². The molecule has 0 aromatic heterocycles. The molecule has 1 unspecified atom stereocenters. The van der Waals surface area contributed by atoms with E-state index in [1.807, 2.05) is 0 Å². The van der Waals surface area contributed by atoms with Crippen molar-refractivity contribution in [2.45, 2.75) is 25.2 Å². The molecule has 1 atom stereocenters. The number of carboxylic acids is 1. The predicted octanol–water partition coefficient (Wildman–Crippen LogP) is 1.46. The number of ether oxygens (including phenoxy) is 1. The number of benzene rings is 1. The summed E-state index contributed by atoms with van der Waals surface area (Å²) in [7, 11) is 0. The Balaban J connectivity index is 1.95. The van der Waals surface area contributed by atoms with Crippen LogP contribution in [0.25, 0.3) is 0 Å². The van der Waals surface area contributed by atoms with Crippen LogP contribution in [0, 0.1) is 0 Å². The van der Waals surface area contributed by atoms with Crippen LogP contribution in [0.1, 0.15) is 12.8 Å². The standard InChI is InChI=1S/C15H16F3N3O5/c16-15(17,18)26-10-3-1-2-9(8-10)21-7-5-11(13(21)24)20-14(25)19-6-4-12(22)23/h1-3,8,11H,4-7H2,(H,22,23)(H2,19,20,25). The highest BCUT2D eigenvalue weighted by Crippen LogP contribution is 2.29. The molecule has 26 heavy (non-hydrogen) atoms. The van der Waals surface area contributed by atoms with Crippen molar-refractivity contribution in [2.24, 2.45) is 0 Å². The lowest BCUT2D eigenvalue weighted by Gasteiger charge is -2.18. The molecule has 3 amide bonds. The van der Waals surface area contributed by atoms with E-state index in [4.69, 9.17) is 5.11 Å². The van der Waals surface area contributed by atoms with Crippen LogP contribution < -0.4 is 20.3 Å². The molecular formula is C15H16F3N3O5. The summed E-state index contributed by atoms with van der Waals surface area (Å²) in [5, 5.41) is 13.2. The summed E-state index contributed by atoms with van der Waals surface area (Å²) >= 11 is 0. The third-order valence-corrected chi connectivity index (χ3v) is 3.50. The van der Waals surface area contributed by atoms with Gasteiger partial charge in [0.2, 0.25) is 5.91 Å². The lowest BCUT2D eigenvalue weighted by atomic mass is 10.2. The van der Waals surface area contributed by atoms with Crippen molar-refractivity contribution in [3.8, 4) is 5.75 Å². The van der Waals surface area contributed by atoms with Crippen molar-refractivity contribution >= 4 is 23.6 Å². The molecule has 142 valence electrons. The fourth-order valence-corrected chi connectivity index (χ4v) is 2.41. The number of carboxylic acid groups (broad SMARTS) is 1. The van der Waals surface area contributed by atoms with Crippen molar-refractivity contribution in [2.75, 3.05) is 18.0 Å². The maximum absolute atomic E-state index is 12.3. The normalized spacial score (nSPS) is 17.1. The summed E-state index contributed by atoms with van der Waals surface area (Å²) in [5.41, 5.74) is 0.215. The topological polar surface area (TPSA) is 108 Å². The minimum absolute atomic E-state index is 0.0946. The molecule has 0 radical (unpaired) electrons. The highest BCUT2D eigenvalue weighted by Gasteiger charge is 2.35. The number of rotatable bonds is 6. The first-order valence-electron chi connectivity index (χ1n) is 7.59. The second-order valence-corrected chi connectivity index (χ2v) is 5.42. The Morgan fingerprint density at radius 3 is 2.73 bits per heavy atom. The van der Waals surface area contributed by atoms with Crippen LogP contribution in [0.2, 0.25) is 0 Å². The number of amides is 3. The van der Waals surface area contributed by atoms with Gasteiger partial charge in [0, 0.05) is 24.8 Å². The molecule has 1 aliphatic rings. The Morgan fingerprint density at radius 1 is 1.35 bits per heavy atom. The highest BCUT2D eigenvalue weighted by molar-refractivity contribution is 6.01. The quantitative estimate of drug-likeness (QED) is 0.698. The van der Waals surface area contributed by atoms with E-state index >= 15 is 0 Å². The molecule has 8 nitrogen and oxygen atoms in total. The van der Waals surface area contributed by atoms with Crippen molar-refractivity contribution in [3.05, 3.63) is 24.3 Å². The Hall–Kier alpha value is -2.98. The average molecular weight is 375 g/mol. The number of hydrogen-bond donors (Lipinski definition) is 3. The number of nitrogens with one attached hydrogen (secondary N) is 2. The van der Waals surface area contributed by atoms with E-state index in [-0.39, 0.29) is 31.6 Å². The number of urea groups is 1. The zero-order valence-electron chi connectivity index (χ0n) is 13.4. The second kappa shape index (κ2) is 7.93. The van der Waals surface area contributed by atoms with Gasteiger partial charge in [-0.05, 0) is 18.6 Å². The Kier molecular flexibility index (Phi) is 5.90. The number of aliphatic carboxylic acids is 1. The summed E-state index contributed by atoms with van der Waals surface area (Å²) in [6, 6.07) is 3.43. The number of carbonyl (C=O) groups is 3. The molecule has 0 bridgehead atoms. The molecule has 0 aliphatic carbocycles. The van der Waals surface area contributed by atoms with Gasteiger partial charge in [0.1, 0.15) is 11.8 Å². The minimum Gasteiger partial charge on any atom is -0.481 e. The van der Waals surface area contributed by atoms with E-state index in [9.17, 15) is 27.6 Å². The molecule has 3 N–H and O–H groups in total. The van der Waals surface area contributed by atoms with Gasteiger partial charge in [-0.3, -0.25) is 9.59 Å². The SMILES string of the molecule is O=C(O)CCNC(=O)NC1CCN(c2cccc(OC(F)(F)F)c2)C1=O. The van der Waals surface area contributed by atoms with Crippen molar-refractivity contribution in [1.29, 1.82) is 0 Å². The van der Waals surface area contributed by atoms with E-state index in [2.05, 4.69) is 15.4 Å². The summed E-state index contributed by atoms with van der Waals surface area (Å²) in [5.74, 6) is -2.01. The van der Waals surface area contributed by atoms with Gasteiger partial charge >= 0.3 is 18.4 Å². The number of hydrogen-bond acceptors (Lipinski definition) is 4. The molecule has 1 aliphatic heterocycles. The van der Waals surface area contributed by atoms with Gasteiger partial charge in [-0.1, -0.05) is 6.07 Å². The number of carbonyl (C=O) groups excluding carboxylic acids is 2. The highest BCUT2D eigenvalue weighted by atomic mass is 19.4. The monoisotopic (exact) mass is 375 g/mol. The molecule has 0 saturated carbocycles. The van der Waals surface area contributed by atoms with Gasteiger partial charge < -0.3 is 25.4 Å². The van der Waals surface area contributed by atoms with E-state index < -0.39 is 36.1 Å². The summed E-state index contributed by atoms with van der Waals surface area (Å²) in [4.78, 5) is 35.6. The summed E-state index contributed by atoms with van der Waals surface area (Å²) in [6.07, 6.45) is -4.84. The van der Waals surface area contributed by atoms with E-state index in [1.165, 1.54) is 17.0 Å². The summed E-state index contributed by atoms with van der Waals surface area (Å²) in [6.45, 7) is 0.108. The molecule has 2 rings (SSSR count). The first-order chi connectivity index (χ1) is 12.2. The van der Waals surface area contributed by atoms with Crippen LogP contribution in [-0.2, 0) is 9.59 Å². The predicted molar refractivity (Wildman–Crippen MR) is 82.7 cm³/mol. The largest absolute Gasteiger partial charge is 0.573 e. The molecule has 1 aromatic carbocycles. The van der Waals surface area contributed by atoms with Crippen LogP contribution in [0.5, 0.6) is 5.75 Å². The molecule has 0 spiro atoms. The fourth-order valence-electron chi connectivity index (χ4n) is 2.41. The second-order valence-electron chi connectivity index (χ2n) is 5.42. The Bertz CT molecular complexity index is 695. The van der Waals surface area contributed by atoms with Crippen LogP contribution in [0.15, 0.2) is 24.3 Å². The lowest BCUT2D eigenvalue weighted by molar-refractivity contribution is -0.274. The lowest BCUT2D eigenvalue weighted by Crippen LogP contribution is -2.46. The van der Waals surface area contributed by atoms with E-state index in [0.717, 1.165) is 12.1 Å². The Morgan fingerprint density at radius 2 is 2.08 bits per heavy atom. The van der Waals surface area contributed by atoms with Crippen LogP contribution in [0.4, 0.5) is 23.7 Å². The molecule has 1 fully saturated rings. The minimum atomic E-state index is -4.84. The number of nitrogens with zero attached hydrogens (tertiary/aromatic N) is 1. The van der Waals surface area contributed by atoms with Crippen LogP contribution in [-0.4, -0.2) is 48.5 Å². The summed E-state index contributed by atoms with van der Waals surface area (Å²) < 4.78 is 40.7. The first-order valence-corrected chi connectivity index (χ1v) is 7.59. The van der Waals surface area contributed by atoms with Crippen LogP contribution in [0.3, 0.4) is 0 Å². The molecule has 1 saturated heterocycles. The molecule has 1 aromatic rings. The first kappa shape index (κ1) is 19.3. The van der Waals surface area contributed by atoms with Crippen molar-refractivity contribution in [1.82, 2.24) is 10.6 Å². The number of alkyl halides is 3. The van der Waals surface area contributed by atoms with Gasteiger partial charge in [0.15, 0.2) is 0 Å². The van der Waals surface area contributed by atoms with Crippen LogP contribution >= 0.6 is 0 Å². The van der Waals surface area contributed by atoms with Crippen molar-refractivity contribution in [3.63, 3.8) is 0 Å². The fraction of sp³-hybridized carbons (Fsp3) is 0.400. The third kappa shape index (κ3) is 5.53. The zero-order chi connectivity index (χ0) is 19.3. The molecular weight excluding hydrogens is 359 g/mol. The van der Waals surface area contributed by atoms with E-state index in [0.29, 0.717) is 0 Å². The van der Waals surface area contributed by atoms with Gasteiger partial charge in [-0.15, -0.1) is 13.2 Å². The van der Waals surface area contributed by atoms with Gasteiger partial charge in [0.05, 0.1) is 6.42 Å². The van der Waals surface area contributed by atoms with Gasteiger partial charge in [-0.2, -0.15) is 0 Å². The number of halogens is 3. The molecule has 1 heterocycles. The molecule has 11 heteroatoms. The van der Waals surface area contributed by atoms with Gasteiger partial charge in [0.25, 0.3) is 0 Å². The zero-order valence-corrected chi connectivity index (χ0v) is 13.4. The smallest absolute Gasteiger partial charge is 0.481 e. The maximum Gasteiger partial charge on any atom is 0.573 e. The maximum atomic E-state index is 12.3. The van der Waals surface area contributed by atoms with Crippen molar-refractivity contribution < 1.29 is 37.4 Å². The number of anilines is 1. The van der Waals surface area contributed by atoms with Gasteiger partial charge in [-0.25, -0.2) is 4.79 Å². The van der Waals surface area contributed by atoms with E-state index in [1.54, 1.807) is 0 Å². The third-order valence-electron chi connectivity index (χ3n) is 3.50.